The Balaban J connectivity index is 0.00000192. The molecule has 6 nitrogen and oxygen atoms in total. The fraction of sp³-hybridized carbons (Fsp3) is 0.812. The van der Waals surface area contributed by atoms with Gasteiger partial charge in [-0.3, -0.25) is 4.79 Å². The summed E-state index contributed by atoms with van der Waals surface area (Å²) in [6.45, 7) is 5.69. The molecule has 1 aliphatic carbocycles. The largest absolute Gasteiger partial charge is 0.341 e. The first-order valence-corrected chi connectivity index (χ1v) is 8.55. The number of amides is 1. The summed E-state index contributed by atoms with van der Waals surface area (Å²) in [5.41, 5.74) is 6.09. The highest BCUT2D eigenvalue weighted by Crippen LogP contribution is 2.38. The molecule has 23 heavy (non-hydrogen) atoms. The van der Waals surface area contributed by atoms with Gasteiger partial charge in [0, 0.05) is 25.0 Å². The average Bonchev–Trinajstić information content (AvgIpc) is 3.29. The molecule has 2 unspecified atom stereocenters. The molecule has 0 radical (unpaired) electrons. The molecule has 1 aromatic rings. The van der Waals surface area contributed by atoms with Crippen molar-refractivity contribution in [3.8, 4) is 0 Å². The smallest absolute Gasteiger partial charge is 0.239 e. The van der Waals surface area contributed by atoms with Crippen LogP contribution in [-0.2, 0) is 4.79 Å². The van der Waals surface area contributed by atoms with Gasteiger partial charge in [-0.15, -0.1) is 22.6 Å². The topological polar surface area (TPSA) is 77.0 Å². The van der Waals surface area contributed by atoms with Crippen molar-refractivity contribution in [3.05, 3.63) is 12.2 Å². The highest BCUT2D eigenvalue weighted by molar-refractivity contribution is 5.85. The van der Waals surface area contributed by atoms with E-state index in [0.717, 1.165) is 38.2 Å². The van der Waals surface area contributed by atoms with Crippen molar-refractivity contribution in [2.24, 2.45) is 11.7 Å². The Bertz CT molecular complexity index is 522. The lowest BCUT2D eigenvalue weighted by molar-refractivity contribution is -0.134. The second-order valence-corrected chi connectivity index (χ2v) is 6.84. The molecule has 2 fully saturated rings. The number of rotatable bonds is 5. The van der Waals surface area contributed by atoms with Gasteiger partial charge in [-0.2, -0.15) is 0 Å². The zero-order valence-electron chi connectivity index (χ0n) is 14.0. The lowest BCUT2D eigenvalue weighted by Crippen LogP contribution is -2.49. The van der Waals surface area contributed by atoms with E-state index in [0.29, 0.717) is 12.0 Å². The van der Waals surface area contributed by atoms with Gasteiger partial charge in [-0.05, 0) is 31.6 Å². The third-order valence-electron chi connectivity index (χ3n) is 5.25. The van der Waals surface area contributed by atoms with Crippen molar-refractivity contribution in [3.63, 3.8) is 0 Å². The molecule has 130 valence electrons. The lowest BCUT2D eigenvalue weighted by atomic mass is 9.93. The van der Waals surface area contributed by atoms with Crippen molar-refractivity contribution in [1.29, 1.82) is 0 Å². The van der Waals surface area contributed by atoms with Crippen molar-refractivity contribution in [2.45, 2.75) is 64.0 Å². The normalized spacial score (nSPS) is 21.6. The van der Waals surface area contributed by atoms with Crippen molar-refractivity contribution < 1.29 is 4.79 Å². The summed E-state index contributed by atoms with van der Waals surface area (Å²) < 4.78 is 2.24. The van der Waals surface area contributed by atoms with Gasteiger partial charge in [0.05, 0.1) is 6.04 Å². The monoisotopic (exact) mass is 341 g/mol. The SMILES string of the molecule is CCC(C)C(N)C(=O)N1CCC(c2nncn2C2CC2)CC1.Cl. The third kappa shape index (κ3) is 3.86. The second kappa shape index (κ2) is 7.62. The van der Waals surface area contributed by atoms with E-state index in [-0.39, 0.29) is 30.3 Å². The van der Waals surface area contributed by atoms with E-state index >= 15 is 0 Å². The molecule has 3 rings (SSSR count). The number of nitrogens with two attached hydrogens (primary N) is 1. The predicted molar refractivity (Wildman–Crippen MR) is 91.5 cm³/mol. The minimum atomic E-state index is -0.364. The van der Waals surface area contributed by atoms with Crippen LogP contribution in [0.15, 0.2) is 6.33 Å². The van der Waals surface area contributed by atoms with Crippen LogP contribution < -0.4 is 5.73 Å². The summed E-state index contributed by atoms with van der Waals surface area (Å²) in [7, 11) is 0. The van der Waals surface area contributed by atoms with Crippen molar-refractivity contribution >= 4 is 18.3 Å². The summed E-state index contributed by atoms with van der Waals surface area (Å²) in [4.78, 5) is 14.4. The Morgan fingerprint density at radius 2 is 2.00 bits per heavy atom. The van der Waals surface area contributed by atoms with Gasteiger partial charge in [0.15, 0.2) is 0 Å². The van der Waals surface area contributed by atoms with Crippen LogP contribution >= 0.6 is 12.4 Å². The van der Waals surface area contributed by atoms with Crippen LogP contribution in [0.3, 0.4) is 0 Å². The van der Waals surface area contributed by atoms with E-state index in [1.807, 2.05) is 18.2 Å². The zero-order chi connectivity index (χ0) is 15.7. The van der Waals surface area contributed by atoms with Gasteiger partial charge in [-0.25, -0.2) is 0 Å². The molecule has 7 heteroatoms. The summed E-state index contributed by atoms with van der Waals surface area (Å²) in [6, 6.07) is 0.250. The van der Waals surface area contributed by atoms with Crippen molar-refractivity contribution in [2.75, 3.05) is 13.1 Å². The summed E-state index contributed by atoms with van der Waals surface area (Å²) in [5, 5.41) is 8.42. The van der Waals surface area contributed by atoms with Gasteiger partial charge >= 0.3 is 0 Å². The Kier molecular flexibility index (Phi) is 6.03. The molecule has 2 atom stereocenters. The van der Waals surface area contributed by atoms with Gasteiger partial charge in [0.2, 0.25) is 5.91 Å². The minimum absolute atomic E-state index is 0. The summed E-state index contributed by atoms with van der Waals surface area (Å²) >= 11 is 0. The Labute approximate surface area is 144 Å². The molecular formula is C16H28ClN5O. The fourth-order valence-electron chi connectivity index (χ4n) is 3.24. The first-order chi connectivity index (χ1) is 10.6. The molecule has 2 aliphatic rings. The molecule has 0 spiro atoms. The molecule has 1 amide bonds. The van der Waals surface area contributed by atoms with Crippen LogP contribution in [0.5, 0.6) is 0 Å². The van der Waals surface area contributed by atoms with Crippen LogP contribution in [0.2, 0.25) is 0 Å². The number of hydrogen-bond donors (Lipinski definition) is 1. The van der Waals surface area contributed by atoms with Gasteiger partial charge in [0.25, 0.3) is 0 Å². The molecule has 1 saturated heterocycles. The Morgan fingerprint density at radius 3 is 2.57 bits per heavy atom. The number of carbonyl (C=O) groups excluding carboxylic acids is 1. The van der Waals surface area contributed by atoms with Crippen LogP contribution in [0, 0.1) is 5.92 Å². The van der Waals surface area contributed by atoms with E-state index in [1.165, 1.54) is 12.8 Å². The maximum Gasteiger partial charge on any atom is 0.239 e. The molecular weight excluding hydrogens is 314 g/mol. The number of aromatic nitrogens is 3. The Hall–Kier alpha value is -1.14. The van der Waals surface area contributed by atoms with Crippen LogP contribution in [0.1, 0.15) is 63.7 Å². The maximum absolute atomic E-state index is 12.4. The molecule has 1 saturated carbocycles. The number of piperidine rings is 1. The number of hydrogen-bond acceptors (Lipinski definition) is 4. The van der Waals surface area contributed by atoms with E-state index < -0.39 is 0 Å². The highest BCUT2D eigenvalue weighted by atomic mass is 35.5. The zero-order valence-corrected chi connectivity index (χ0v) is 14.8. The second-order valence-electron chi connectivity index (χ2n) is 6.84. The van der Waals surface area contributed by atoms with Gasteiger partial charge in [-0.1, -0.05) is 20.3 Å². The maximum atomic E-state index is 12.4. The van der Waals surface area contributed by atoms with E-state index in [9.17, 15) is 4.79 Å². The van der Waals surface area contributed by atoms with Crippen molar-refractivity contribution in [1.82, 2.24) is 19.7 Å². The first-order valence-electron chi connectivity index (χ1n) is 8.55. The minimum Gasteiger partial charge on any atom is -0.341 e. The standard InChI is InChI=1S/C16H27N5O.ClH/c1-3-11(2)14(17)16(22)20-8-6-12(7-9-20)15-19-18-10-21(15)13-4-5-13;/h10-14H,3-9,17H2,1-2H3;1H. The molecule has 0 bridgehead atoms. The van der Waals surface area contributed by atoms with Gasteiger partial charge in [0.1, 0.15) is 12.2 Å². The van der Waals surface area contributed by atoms with E-state index in [1.54, 1.807) is 0 Å². The molecule has 2 N–H and O–H groups in total. The number of carbonyl (C=O) groups is 1. The quantitative estimate of drug-likeness (QED) is 0.889. The van der Waals surface area contributed by atoms with Gasteiger partial charge < -0.3 is 15.2 Å². The molecule has 0 aromatic carbocycles. The van der Waals surface area contributed by atoms with E-state index in [2.05, 4.69) is 21.7 Å². The summed E-state index contributed by atoms with van der Waals surface area (Å²) in [6.07, 6.45) is 7.21. The third-order valence-corrected chi connectivity index (χ3v) is 5.25. The molecule has 1 aromatic heterocycles. The van der Waals surface area contributed by atoms with E-state index in [4.69, 9.17) is 5.73 Å². The first kappa shape index (κ1) is 18.2. The summed E-state index contributed by atoms with van der Waals surface area (Å²) in [5.74, 6) is 1.88. The Morgan fingerprint density at radius 1 is 1.35 bits per heavy atom. The predicted octanol–water partition coefficient (Wildman–Crippen LogP) is 2.11. The molecule has 1 aliphatic heterocycles. The lowest BCUT2D eigenvalue weighted by Gasteiger charge is -2.34. The van der Waals surface area contributed by atoms with Crippen LogP contribution in [-0.4, -0.2) is 44.7 Å². The average molecular weight is 342 g/mol. The number of nitrogens with zero attached hydrogens (tertiary/aromatic N) is 4. The fourth-order valence-corrected chi connectivity index (χ4v) is 3.24. The highest BCUT2D eigenvalue weighted by Gasteiger charge is 2.33. The molecule has 2 heterocycles. The number of likely N-dealkylation sites (tertiary alicyclic amines) is 1. The van der Waals surface area contributed by atoms with Crippen LogP contribution in [0.25, 0.3) is 0 Å². The number of halogens is 1. The van der Waals surface area contributed by atoms with Crippen LogP contribution in [0.4, 0.5) is 0 Å².